The molecule has 156 valence electrons. The molecule has 6 nitrogen and oxygen atoms in total. The third-order valence-corrected chi connectivity index (χ3v) is 4.41. The number of aliphatic imine (C=N–C) groups is 1. The molecule has 2 N–H and O–H groups in total. The monoisotopic (exact) mass is 507 g/mol. The first-order chi connectivity index (χ1) is 12.8. The fourth-order valence-electron chi connectivity index (χ4n) is 2.94. The van der Waals surface area contributed by atoms with Gasteiger partial charge in [0, 0.05) is 37.9 Å². The molecule has 0 saturated carbocycles. The molecular weight excluding hydrogens is 479 g/mol. The van der Waals surface area contributed by atoms with Crippen LogP contribution in [0.3, 0.4) is 0 Å². The Hall–Kier alpha value is -1.91. The lowest BCUT2D eigenvalue weighted by molar-refractivity contribution is -0.0504. The normalized spacial score (nSPS) is 12.5. The topological polar surface area (TPSA) is 63.5 Å². The molecule has 1 heterocycles. The number of hydrogen-bond acceptors (Lipinski definition) is 3. The van der Waals surface area contributed by atoms with Crippen molar-refractivity contribution in [2.75, 3.05) is 7.05 Å². The Morgan fingerprint density at radius 3 is 2.54 bits per heavy atom. The largest absolute Gasteiger partial charge is 0.434 e. The van der Waals surface area contributed by atoms with E-state index in [9.17, 15) is 8.78 Å². The minimum Gasteiger partial charge on any atom is -0.434 e. The van der Waals surface area contributed by atoms with Gasteiger partial charge in [-0.2, -0.15) is 13.9 Å². The van der Waals surface area contributed by atoms with E-state index in [-0.39, 0.29) is 35.8 Å². The van der Waals surface area contributed by atoms with Crippen LogP contribution in [0, 0.1) is 13.8 Å². The Bertz CT molecular complexity index is 795. The highest BCUT2D eigenvalue weighted by molar-refractivity contribution is 14.0. The molecule has 0 aliphatic carbocycles. The Labute approximate surface area is 181 Å². The standard InChI is InChI=1S/C19H27F2N5O.HI/c1-12(10-16-13(2)25-26(5)14(16)3)24-19(22-4)23-11-15-8-6-7-9-17(15)27-18(20)21;/h6-9,12,18H,10-11H2,1-5H3,(H2,22,23,24);1H. The molecule has 0 radical (unpaired) electrons. The summed E-state index contributed by atoms with van der Waals surface area (Å²) in [6, 6.07) is 6.82. The van der Waals surface area contributed by atoms with Crippen LogP contribution in [0.2, 0.25) is 0 Å². The Morgan fingerprint density at radius 1 is 1.29 bits per heavy atom. The maximum absolute atomic E-state index is 12.5. The summed E-state index contributed by atoms with van der Waals surface area (Å²) in [6.07, 6.45) is 0.803. The summed E-state index contributed by atoms with van der Waals surface area (Å²) in [5.41, 5.74) is 4.00. The highest BCUT2D eigenvalue weighted by atomic mass is 127. The predicted molar refractivity (Wildman–Crippen MR) is 118 cm³/mol. The number of alkyl halides is 2. The van der Waals surface area contributed by atoms with E-state index >= 15 is 0 Å². The van der Waals surface area contributed by atoms with Crippen molar-refractivity contribution in [1.82, 2.24) is 20.4 Å². The van der Waals surface area contributed by atoms with E-state index in [0.29, 0.717) is 18.1 Å². The zero-order chi connectivity index (χ0) is 20.0. The number of guanidine groups is 1. The minimum absolute atomic E-state index is 0. The van der Waals surface area contributed by atoms with Gasteiger partial charge in [-0.15, -0.1) is 24.0 Å². The van der Waals surface area contributed by atoms with Gasteiger partial charge in [0.1, 0.15) is 5.75 Å². The van der Waals surface area contributed by atoms with Gasteiger partial charge < -0.3 is 15.4 Å². The molecule has 9 heteroatoms. The van der Waals surface area contributed by atoms with Crippen LogP contribution < -0.4 is 15.4 Å². The lowest BCUT2D eigenvalue weighted by Gasteiger charge is -2.19. The third-order valence-electron chi connectivity index (χ3n) is 4.41. The van der Waals surface area contributed by atoms with Crippen molar-refractivity contribution >= 4 is 29.9 Å². The van der Waals surface area contributed by atoms with Gasteiger partial charge in [-0.25, -0.2) is 0 Å². The summed E-state index contributed by atoms with van der Waals surface area (Å²) in [5.74, 6) is 0.749. The van der Waals surface area contributed by atoms with Crippen LogP contribution in [0.1, 0.15) is 29.4 Å². The SMILES string of the molecule is CN=C(NCc1ccccc1OC(F)F)NC(C)Cc1c(C)nn(C)c1C.I. The van der Waals surface area contributed by atoms with E-state index in [4.69, 9.17) is 0 Å². The lowest BCUT2D eigenvalue weighted by atomic mass is 10.1. The molecule has 0 bridgehead atoms. The third kappa shape index (κ3) is 6.61. The van der Waals surface area contributed by atoms with E-state index in [1.54, 1.807) is 25.2 Å². The number of hydrogen-bond donors (Lipinski definition) is 2. The molecule has 0 amide bonds. The minimum atomic E-state index is -2.85. The van der Waals surface area contributed by atoms with Crippen LogP contribution in [0.15, 0.2) is 29.3 Å². The van der Waals surface area contributed by atoms with Crippen LogP contribution in [-0.2, 0) is 20.0 Å². The summed E-state index contributed by atoms with van der Waals surface area (Å²) in [6.45, 7) is 3.58. The van der Waals surface area contributed by atoms with E-state index in [1.807, 2.05) is 18.7 Å². The quantitative estimate of drug-likeness (QED) is 0.342. The summed E-state index contributed by atoms with van der Waals surface area (Å²) in [4.78, 5) is 4.21. The first-order valence-corrected chi connectivity index (χ1v) is 8.80. The second-order valence-corrected chi connectivity index (χ2v) is 6.43. The van der Waals surface area contributed by atoms with Crippen LogP contribution in [0.4, 0.5) is 8.78 Å². The number of para-hydroxylation sites is 1. The van der Waals surface area contributed by atoms with Crippen molar-refractivity contribution in [3.05, 3.63) is 46.8 Å². The van der Waals surface area contributed by atoms with Gasteiger partial charge >= 0.3 is 6.61 Å². The van der Waals surface area contributed by atoms with Crippen molar-refractivity contribution in [3.8, 4) is 5.75 Å². The Balaban J connectivity index is 0.00000392. The highest BCUT2D eigenvalue weighted by Gasteiger charge is 2.14. The first kappa shape index (κ1) is 24.1. The van der Waals surface area contributed by atoms with Crippen molar-refractivity contribution in [3.63, 3.8) is 0 Å². The Morgan fingerprint density at radius 2 is 1.96 bits per heavy atom. The molecule has 1 atom stereocenters. The molecule has 0 aliphatic heterocycles. The van der Waals surface area contributed by atoms with Crippen molar-refractivity contribution in [2.24, 2.45) is 12.0 Å². The molecule has 2 aromatic rings. The van der Waals surface area contributed by atoms with E-state index < -0.39 is 6.61 Å². The van der Waals surface area contributed by atoms with Crippen molar-refractivity contribution < 1.29 is 13.5 Å². The number of benzene rings is 1. The first-order valence-electron chi connectivity index (χ1n) is 8.80. The number of nitrogens with one attached hydrogen (secondary N) is 2. The molecule has 28 heavy (non-hydrogen) atoms. The van der Waals surface area contributed by atoms with Crippen LogP contribution in [0.5, 0.6) is 5.75 Å². The van der Waals surface area contributed by atoms with Gasteiger partial charge in [0.25, 0.3) is 0 Å². The molecule has 0 spiro atoms. The van der Waals surface area contributed by atoms with Crippen molar-refractivity contribution in [1.29, 1.82) is 0 Å². The van der Waals surface area contributed by atoms with Gasteiger partial charge in [0.15, 0.2) is 5.96 Å². The number of nitrogens with zero attached hydrogens (tertiary/aromatic N) is 3. The van der Waals surface area contributed by atoms with Gasteiger partial charge in [0.2, 0.25) is 0 Å². The maximum Gasteiger partial charge on any atom is 0.387 e. The number of rotatable bonds is 7. The number of aromatic nitrogens is 2. The fraction of sp³-hybridized carbons (Fsp3) is 0.474. The molecule has 0 fully saturated rings. The second kappa shape index (κ2) is 11.2. The lowest BCUT2D eigenvalue weighted by Crippen LogP contribution is -2.42. The molecule has 1 aromatic heterocycles. The molecular formula is C19H28F2IN5O. The maximum atomic E-state index is 12.5. The van der Waals surface area contributed by atoms with Gasteiger partial charge in [-0.1, -0.05) is 18.2 Å². The van der Waals surface area contributed by atoms with E-state index in [0.717, 1.165) is 17.8 Å². The number of ether oxygens (including phenoxy) is 1. The van der Waals surface area contributed by atoms with Gasteiger partial charge in [-0.3, -0.25) is 9.67 Å². The highest BCUT2D eigenvalue weighted by Crippen LogP contribution is 2.20. The summed E-state index contributed by atoms with van der Waals surface area (Å²) in [7, 11) is 3.60. The van der Waals surface area contributed by atoms with Crippen LogP contribution in [-0.4, -0.2) is 35.4 Å². The molecule has 1 aromatic carbocycles. The zero-order valence-corrected chi connectivity index (χ0v) is 19.1. The number of halogens is 3. The van der Waals surface area contributed by atoms with Crippen LogP contribution >= 0.6 is 24.0 Å². The predicted octanol–water partition coefficient (Wildman–Crippen LogP) is 3.55. The summed E-state index contributed by atoms with van der Waals surface area (Å²) >= 11 is 0. The molecule has 0 saturated heterocycles. The average molecular weight is 507 g/mol. The zero-order valence-electron chi connectivity index (χ0n) is 16.8. The molecule has 2 rings (SSSR count). The fourth-order valence-corrected chi connectivity index (χ4v) is 2.94. The van der Waals surface area contributed by atoms with Gasteiger partial charge in [0.05, 0.1) is 5.69 Å². The van der Waals surface area contributed by atoms with Crippen LogP contribution in [0.25, 0.3) is 0 Å². The van der Waals surface area contributed by atoms with Crippen molar-refractivity contribution in [2.45, 2.75) is 46.4 Å². The summed E-state index contributed by atoms with van der Waals surface area (Å²) in [5, 5.41) is 10.9. The molecule has 0 aliphatic rings. The average Bonchev–Trinajstić information content (AvgIpc) is 2.85. The number of aryl methyl sites for hydroxylation is 2. The second-order valence-electron chi connectivity index (χ2n) is 6.43. The summed E-state index contributed by atoms with van der Waals surface area (Å²) < 4.78 is 31.5. The smallest absolute Gasteiger partial charge is 0.387 e. The Kier molecular flexibility index (Phi) is 9.63. The van der Waals surface area contributed by atoms with E-state index in [1.165, 1.54) is 11.6 Å². The van der Waals surface area contributed by atoms with E-state index in [2.05, 4.69) is 39.3 Å². The molecule has 1 unspecified atom stereocenters. The van der Waals surface area contributed by atoms with Gasteiger partial charge in [-0.05, 0) is 38.8 Å².